The third-order valence-corrected chi connectivity index (χ3v) is 7.18. The van der Waals surface area contributed by atoms with Gasteiger partial charge in [-0.05, 0) is 62.5 Å². The fraction of sp³-hybridized carbons (Fsp3) is 0.286. The third kappa shape index (κ3) is 5.89. The van der Waals surface area contributed by atoms with Crippen molar-refractivity contribution in [3.05, 3.63) is 81.6 Å². The van der Waals surface area contributed by atoms with Crippen molar-refractivity contribution in [3.63, 3.8) is 0 Å². The first-order valence-electron chi connectivity index (χ1n) is 11.6. The SMILES string of the molecule is Br.CCOC(=O)c1cn(Cc2ccccc2OC)c2sc(-c3ccc(OC)cc3)c(CN(C)C)c2c1=O. The Kier molecular flexibility index (Phi) is 9.53. The lowest BCUT2D eigenvalue weighted by Crippen LogP contribution is -2.22. The number of esters is 1. The number of nitrogens with zero attached hydrogens (tertiary/aromatic N) is 2. The maximum atomic E-state index is 13.7. The molecule has 0 unspecified atom stereocenters. The zero-order valence-electron chi connectivity index (χ0n) is 21.6. The highest BCUT2D eigenvalue weighted by atomic mass is 79.9. The molecular formula is C28H31BrN2O5S. The summed E-state index contributed by atoms with van der Waals surface area (Å²) in [5.74, 6) is 0.878. The van der Waals surface area contributed by atoms with Gasteiger partial charge in [0.15, 0.2) is 0 Å². The minimum Gasteiger partial charge on any atom is -0.497 e. The first-order valence-corrected chi connectivity index (χ1v) is 12.5. The van der Waals surface area contributed by atoms with E-state index in [1.807, 2.05) is 72.1 Å². The van der Waals surface area contributed by atoms with Gasteiger partial charge in [-0.15, -0.1) is 28.3 Å². The molecule has 9 heteroatoms. The molecule has 4 rings (SSSR count). The number of hydrogen-bond donors (Lipinski definition) is 0. The summed E-state index contributed by atoms with van der Waals surface area (Å²) in [6, 6.07) is 15.5. The van der Waals surface area contributed by atoms with Gasteiger partial charge in [-0.2, -0.15) is 0 Å². The predicted molar refractivity (Wildman–Crippen MR) is 154 cm³/mol. The topological polar surface area (TPSA) is 70.0 Å². The second-order valence-electron chi connectivity index (χ2n) is 8.59. The number of methoxy groups -OCH3 is 2. The van der Waals surface area contributed by atoms with Gasteiger partial charge in [-0.25, -0.2) is 4.79 Å². The van der Waals surface area contributed by atoms with Gasteiger partial charge >= 0.3 is 5.97 Å². The van der Waals surface area contributed by atoms with Gasteiger partial charge in [0.05, 0.1) is 32.8 Å². The molecule has 196 valence electrons. The molecule has 0 aliphatic rings. The van der Waals surface area contributed by atoms with Crippen LogP contribution in [0.25, 0.3) is 20.7 Å². The van der Waals surface area contributed by atoms with E-state index < -0.39 is 5.97 Å². The third-order valence-electron chi connectivity index (χ3n) is 5.86. The van der Waals surface area contributed by atoms with Gasteiger partial charge in [-0.1, -0.05) is 18.2 Å². The minimum absolute atomic E-state index is 0. The molecule has 0 bridgehead atoms. The fourth-order valence-corrected chi connectivity index (χ4v) is 5.52. The molecule has 0 fully saturated rings. The molecule has 0 atom stereocenters. The maximum Gasteiger partial charge on any atom is 0.343 e. The van der Waals surface area contributed by atoms with E-state index in [2.05, 4.69) is 0 Å². The summed E-state index contributed by atoms with van der Waals surface area (Å²) in [4.78, 5) is 30.4. The monoisotopic (exact) mass is 586 g/mol. The summed E-state index contributed by atoms with van der Waals surface area (Å²) in [5, 5.41) is 0.542. The van der Waals surface area contributed by atoms with Crippen LogP contribution >= 0.6 is 28.3 Å². The van der Waals surface area contributed by atoms with Crippen molar-refractivity contribution in [2.24, 2.45) is 0 Å². The van der Waals surface area contributed by atoms with E-state index in [-0.39, 0.29) is 34.6 Å². The molecule has 2 aromatic heterocycles. The molecule has 2 heterocycles. The van der Waals surface area contributed by atoms with Crippen molar-refractivity contribution in [3.8, 4) is 21.9 Å². The predicted octanol–water partition coefficient (Wildman–Crippen LogP) is 5.61. The standard InChI is InChI=1S/C28H30N2O5S.BrH/c1-6-35-28(32)22-17-30(15-19-9-7-8-10-23(19)34-5)27-24(25(22)31)21(16-29(2)3)26(36-27)18-11-13-20(33-4)14-12-18;/h7-14,17H,6,15-16H2,1-5H3;1H. The fourth-order valence-electron chi connectivity index (χ4n) is 4.23. The van der Waals surface area contributed by atoms with Crippen LogP contribution in [0, 0.1) is 0 Å². The lowest BCUT2D eigenvalue weighted by Gasteiger charge is -2.14. The van der Waals surface area contributed by atoms with Gasteiger partial charge < -0.3 is 23.7 Å². The lowest BCUT2D eigenvalue weighted by atomic mass is 10.0. The number of rotatable bonds is 9. The first kappa shape index (κ1) is 28.4. The van der Waals surface area contributed by atoms with Crippen molar-refractivity contribution < 1.29 is 19.0 Å². The highest BCUT2D eigenvalue weighted by Gasteiger charge is 2.24. The van der Waals surface area contributed by atoms with Crippen molar-refractivity contribution in [1.29, 1.82) is 0 Å². The van der Waals surface area contributed by atoms with Gasteiger partial charge in [0, 0.05) is 23.2 Å². The van der Waals surface area contributed by atoms with E-state index >= 15 is 0 Å². The number of halogens is 1. The number of carbonyl (C=O) groups is 1. The average molecular weight is 588 g/mol. The summed E-state index contributed by atoms with van der Waals surface area (Å²) >= 11 is 1.54. The Bertz CT molecular complexity index is 1440. The van der Waals surface area contributed by atoms with E-state index in [4.69, 9.17) is 14.2 Å². The number of fused-ring (bicyclic) bond motifs is 1. The van der Waals surface area contributed by atoms with Crippen LogP contribution in [-0.2, 0) is 17.8 Å². The van der Waals surface area contributed by atoms with Crippen molar-refractivity contribution in [2.75, 3.05) is 34.9 Å². The number of ether oxygens (including phenoxy) is 3. The van der Waals surface area contributed by atoms with Gasteiger partial charge in [-0.3, -0.25) is 4.79 Å². The Morgan fingerprint density at radius 3 is 2.35 bits per heavy atom. The molecular weight excluding hydrogens is 556 g/mol. The van der Waals surface area contributed by atoms with Crippen LogP contribution in [0.4, 0.5) is 0 Å². The summed E-state index contributed by atoms with van der Waals surface area (Å²) in [7, 11) is 7.19. The second kappa shape index (κ2) is 12.4. The van der Waals surface area contributed by atoms with Crippen LogP contribution in [-0.4, -0.2) is 50.4 Å². The van der Waals surface area contributed by atoms with E-state index in [0.29, 0.717) is 18.5 Å². The first-order chi connectivity index (χ1) is 17.4. The number of carbonyl (C=O) groups excluding carboxylic acids is 1. The maximum absolute atomic E-state index is 13.7. The van der Waals surface area contributed by atoms with Crippen LogP contribution in [0.15, 0.2) is 59.5 Å². The molecule has 0 radical (unpaired) electrons. The molecule has 4 aromatic rings. The molecule has 0 aliphatic heterocycles. The van der Waals surface area contributed by atoms with Crippen LogP contribution in [0.2, 0.25) is 0 Å². The number of pyridine rings is 1. The molecule has 0 N–H and O–H groups in total. The lowest BCUT2D eigenvalue weighted by molar-refractivity contribution is 0.0524. The zero-order valence-corrected chi connectivity index (χ0v) is 24.1. The van der Waals surface area contributed by atoms with E-state index in [0.717, 1.165) is 37.9 Å². The highest BCUT2D eigenvalue weighted by Crippen LogP contribution is 2.39. The molecule has 37 heavy (non-hydrogen) atoms. The number of thiophene rings is 1. The van der Waals surface area contributed by atoms with Crippen molar-refractivity contribution in [2.45, 2.75) is 20.0 Å². The second-order valence-corrected chi connectivity index (χ2v) is 9.59. The zero-order chi connectivity index (χ0) is 25.8. The number of para-hydroxylation sites is 1. The molecule has 2 aromatic carbocycles. The van der Waals surface area contributed by atoms with Gasteiger partial charge in [0.2, 0.25) is 5.43 Å². The van der Waals surface area contributed by atoms with Crippen molar-refractivity contribution in [1.82, 2.24) is 9.47 Å². The highest BCUT2D eigenvalue weighted by molar-refractivity contribution is 8.93. The molecule has 0 amide bonds. The Hall–Kier alpha value is -3.14. The van der Waals surface area contributed by atoms with Crippen molar-refractivity contribution >= 4 is 44.5 Å². The Morgan fingerprint density at radius 2 is 1.73 bits per heavy atom. The van der Waals surface area contributed by atoms with Crippen LogP contribution in [0.3, 0.4) is 0 Å². The largest absolute Gasteiger partial charge is 0.497 e. The molecule has 7 nitrogen and oxygen atoms in total. The molecule has 0 saturated carbocycles. The smallest absolute Gasteiger partial charge is 0.343 e. The van der Waals surface area contributed by atoms with Crippen LogP contribution in [0.1, 0.15) is 28.4 Å². The number of aromatic nitrogens is 1. The summed E-state index contributed by atoms with van der Waals surface area (Å²) in [6.45, 7) is 2.89. The van der Waals surface area contributed by atoms with E-state index in [1.165, 1.54) is 0 Å². The summed E-state index contributed by atoms with van der Waals surface area (Å²) in [5.41, 5.74) is 2.52. The summed E-state index contributed by atoms with van der Waals surface area (Å²) in [6.07, 6.45) is 1.61. The van der Waals surface area contributed by atoms with Gasteiger partial charge in [0.1, 0.15) is 21.9 Å². The molecule has 0 aliphatic carbocycles. The quantitative estimate of drug-likeness (QED) is 0.237. The Balaban J connectivity index is 0.00000380. The Morgan fingerprint density at radius 1 is 1.03 bits per heavy atom. The van der Waals surface area contributed by atoms with Gasteiger partial charge in [0.25, 0.3) is 0 Å². The van der Waals surface area contributed by atoms with E-state index in [1.54, 1.807) is 38.7 Å². The normalized spacial score (nSPS) is 10.9. The van der Waals surface area contributed by atoms with Crippen LogP contribution < -0.4 is 14.9 Å². The molecule has 0 spiro atoms. The number of hydrogen-bond acceptors (Lipinski definition) is 7. The number of benzene rings is 2. The van der Waals surface area contributed by atoms with E-state index in [9.17, 15) is 9.59 Å². The van der Waals surface area contributed by atoms with Crippen LogP contribution in [0.5, 0.6) is 11.5 Å². The minimum atomic E-state index is -0.619. The average Bonchev–Trinajstić information content (AvgIpc) is 3.25. The molecule has 0 saturated heterocycles. The Labute approximate surface area is 231 Å². The summed E-state index contributed by atoms with van der Waals surface area (Å²) < 4.78 is 18.1.